The predicted molar refractivity (Wildman–Crippen MR) is 160 cm³/mol. The standard InChI is InChI=1S/C30H35N5O4S.ClH/c1-2-22-4-3-10-35(22)18-26-29(21-5-6-25-20(14-21)9-13-39-25)33-28(40-26)15-24(36)23-16-32-27(17-31-23)34-11-7-19(8-12-34)30(37)38;/h5-6,14,16-17,19,22H,2-4,7-13,15,18H2,1H3,(H,37,38);1H/t22-;/m1./s1. The molecule has 1 atom stereocenters. The van der Waals surface area contributed by atoms with E-state index in [9.17, 15) is 14.7 Å². The van der Waals surface area contributed by atoms with E-state index in [0.29, 0.717) is 43.5 Å². The number of carbonyl (C=O) groups excluding carboxylic acids is 1. The van der Waals surface area contributed by atoms with Crippen LogP contribution in [0.4, 0.5) is 5.82 Å². The van der Waals surface area contributed by atoms with Gasteiger partial charge in [-0.1, -0.05) is 6.92 Å². The van der Waals surface area contributed by atoms with Gasteiger partial charge in [0.15, 0.2) is 5.78 Å². The SMILES string of the molecule is CC[C@@H]1CCCN1Cc1sc(CC(=O)c2cnc(N3CCC(C(=O)O)CC3)cn2)nc1-c1ccc2c(c1)CCO2.Cl. The monoisotopic (exact) mass is 597 g/mol. The molecule has 2 aromatic heterocycles. The minimum absolute atomic E-state index is 0. The van der Waals surface area contributed by atoms with Crippen LogP contribution in [-0.4, -0.2) is 69.0 Å². The summed E-state index contributed by atoms with van der Waals surface area (Å²) < 4.78 is 5.71. The van der Waals surface area contributed by atoms with E-state index >= 15 is 0 Å². The molecule has 3 aromatic rings. The lowest BCUT2D eigenvalue weighted by molar-refractivity contribution is -0.142. The molecule has 0 spiro atoms. The average Bonchev–Trinajstić information content (AvgIpc) is 3.73. The van der Waals surface area contributed by atoms with Crippen LogP contribution in [0.3, 0.4) is 0 Å². The number of carboxylic acids is 1. The molecule has 6 rings (SSSR count). The zero-order valence-electron chi connectivity index (χ0n) is 23.3. The molecule has 0 amide bonds. The molecule has 9 nitrogen and oxygen atoms in total. The number of hydrogen-bond donors (Lipinski definition) is 1. The summed E-state index contributed by atoms with van der Waals surface area (Å²) in [5, 5.41) is 10.0. The third kappa shape index (κ3) is 6.39. The van der Waals surface area contributed by atoms with E-state index in [4.69, 9.17) is 9.72 Å². The summed E-state index contributed by atoms with van der Waals surface area (Å²) in [5.41, 5.74) is 3.58. The molecule has 1 N–H and O–H groups in total. The Morgan fingerprint density at radius 1 is 1.12 bits per heavy atom. The number of aromatic nitrogens is 3. The van der Waals surface area contributed by atoms with E-state index < -0.39 is 5.97 Å². The van der Waals surface area contributed by atoms with E-state index in [2.05, 4.69) is 33.9 Å². The summed E-state index contributed by atoms with van der Waals surface area (Å²) in [4.78, 5) is 44.2. The first-order valence-corrected chi connectivity index (χ1v) is 15.1. The topological polar surface area (TPSA) is 109 Å². The van der Waals surface area contributed by atoms with E-state index in [1.165, 1.54) is 29.5 Å². The van der Waals surface area contributed by atoms with Gasteiger partial charge in [0.25, 0.3) is 0 Å². The number of thiazole rings is 1. The zero-order valence-corrected chi connectivity index (χ0v) is 24.9. The minimum Gasteiger partial charge on any atom is -0.493 e. The Morgan fingerprint density at radius 2 is 1.95 bits per heavy atom. The normalized spacial score (nSPS) is 19.0. The number of carboxylic acid groups (broad SMARTS) is 1. The second kappa shape index (κ2) is 12.8. The van der Waals surface area contributed by atoms with Crippen molar-refractivity contribution >= 4 is 41.3 Å². The molecule has 0 aliphatic carbocycles. The number of benzene rings is 1. The smallest absolute Gasteiger partial charge is 0.306 e. The first-order valence-electron chi connectivity index (χ1n) is 14.3. The van der Waals surface area contributed by atoms with E-state index in [1.54, 1.807) is 17.5 Å². The van der Waals surface area contributed by atoms with Gasteiger partial charge in [-0.25, -0.2) is 15.0 Å². The highest BCUT2D eigenvalue weighted by Crippen LogP contribution is 2.36. The molecule has 1 aromatic carbocycles. The Kier molecular flexibility index (Phi) is 9.21. The number of hydrogen-bond acceptors (Lipinski definition) is 9. The number of likely N-dealkylation sites (tertiary alicyclic amines) is 1. The lowest BCUT2D eigenvalue weighted by Gasteiger charge is -2.30. The second-order valence-electron chi connectivity index (χ2n) is 10.9. The number of aliphatic carboxylic acids is 1. The van der Waals surface area contributed by atoms with Gasteiger partial charge in [0.1, 0.15) is 22.3 Å². The largest absolute Gasteiger partial charge is 0.493 e. The molecule has 2 saturated heterocycles. The third-order valence-corrected chi connectivity index (χ3v) is 9.47. The summed E-state index contributed by atoms with van der Waals surface area (Å²) >= 11 is 1.63. The summed E-state index contributed by atoms with van der Waals surface area (Å²) in [6, 6.07) is 6.91. The lowest BCUT2D eigenvalue weighted by atomic mass is 9.97. The quantitative estimate of drug-likeness (QED) is 0.339. The molecule has 11 heteroatoms. The third-order valence-electron chi connectivity index (χ3n) is 8.43. The zero-order chi connectivity index (χ0) is 27.6. The number of rotatable bonds is 9. The Hall–Kier alpha value is -3.08. The summed E-state index contributed by atoms with van der Waals surface area (Å²) in [6.45, 7) is 6.15. The summed E-state index contributed by atoms with van der Waals surface area (Å²) in [6.07, 6.45) is 9.01. The molecule has 5 heterocycles. The number of ether oxygens (including phenoxy) is 1. The van der Waals surface area contributed by atoms with Crippen molar-refractivity contribution in [2.24, 2.45) is 5.92 Å². The number of fused-ring (bicyclic) bond motifs is 1. The molecular formula is C30H36ClN5O4S. The van der Waals surface area contributed by atoms with Crippen molar-refractivity contribution in [2.75, 3.05) is 31.1 Å². The molecule has 0 bridgehead atoms. The van der Waals surface area contributed by atoms with Gasteiger partial charge in [-0.05, 0) is 62.4 Å². The van der Waals surface area contributed by atoms with E-state index in [-0.39, 0.29) is 30.5 Å². The number of ketones is 1. The van der Waals surface area contributed by atoms with Crippen molar-refractivity contribution < 1.29 is 19.4 Å². The van der Waals surface area contributed by atoms with Crippen molar-refractivity contribution in [3.8, 4) is 17.0 Å². The molecule has 41 heavy (non-hydrogen) atoms. The van der Waals surface area contributed by atoms with Crippen LogP contribution >= 0.6 is 23.7 Å². The Labute approximate surface area is 250 Å². The maximum Gasteiger partial charge on any atom is 0.306 e. The number of nitrogens with zero attached hydrogens (tertiary/aromatic N) is 5. The van der Waals surface area contributed by atoms with E-state index in [1.807, 2.05) is 11.0 Å². The van der Waals surface area contributed by atoms with Crippen molar-refractivity contribution in [2.45, 2.75) is 64.5 Å². The molecule has 218 valence electrons. The fraction of sp³-hybridized carbons (Fsp3) is 0.500. The fourth-order valence-electron chi connectivity index (χ4n) is 6.10. The van der Waals surface area contributed by atoms with Gasteiger partial charge in [-0.15, -0.1) is 23.7 Å². The Morgan fingerprint density at radius 3 is 2.68 bits per heavy atom. The number of piperidine rings is 1. The van der Waals surface area contributed by atoms with Crippen molar-refractivity contribution in [1.82, 2.24) is 19.9 Å². The minimum atomic E-state index is -0.740. The van der Waals surface area contributed by atoms with Crippen LogP contribution in [-0.2, 0) is 24.2 Å². The van der Waals surface area contributed by atoms with Gasteiger partial charge < -0.3 is 14.7 Å². The van der Waals surface area contributed by atoms with Gasteiger partial charge in [0.2, 0.25) is 0 Å². The molecule has 0 radical (unpaired) electrons. The van der Waals surface area contributed by atoms with Crippen molar-refractivity contribution in [1.29, 1.82) is 0 Å². The number of carbonyl (C=O) groups is 2. The first kappa shape index (κ1) is 29.4. The Balaban J connectivity index is 0.00000337. The second-order valence-corrected chi connectivity index (χ2v) is 12.1. The summed E-state index contributed by atoms with van der Waals surface area (Å²) in [5.74, 6) is 0.480. The van der Waals surface area contributed by atoms with Crippen LogP contribution in [0.5, 0.6) is 5.75 Å². The van der Waals surface area contributed by atoms with Crippen molar-refractivity contribution in [3.05, 3.63) is 51.7 Å². The highest BCUT2D eigenvalue weighted by Gasteiger charge is 2.27. The van der Waals surface area contributed by atoms with Gasteiger partial charge in [0.05, 0.1) is 37.0 Å². The van der Waals surface area contributed by atoms with Crippen LogP contribution in [0.1, 0.15) is 65.0 Å². The number of halogens is 1. The first-order chi connectivity index (χ1) is 19.5. The van der Waals surface area contributed by atoms with Crippen LogP contribution in [0.2, 0.25) is 0 Å². The molecule has 3 aliphatic rings. The Bertz CT molecular complexity index is 1390. The number of anilines is 1. The average molecular weight is 598 g/mol. The van der Waals surface area contributed by atoms with Gasteiger partial charge in [-0.3, -0.25) is 14.5 Å². The van der Waals surface area contributed by atoms with Crippen LogP contribution < -0.4 is 9.64 Å². The highest BCUT2D eigenvalue weighted by atomic mass is 35.5. The van der Waals surface area contributed by atoms with Gasteiger partial charge in [-0.2, -0.15) is 0 Å². The van der Waals surface area contributed by atoms with Crippen molar-refractivity contribution in [3.63, 3.8) is 0 Å². The van der Waals surface area contributed by atoms with E-state index in [0.717, 1.165) is 54.6 Å². The highest BCUT2D eigenvalue weighted by molar-refractivity contribution is 7.12. The lowest BCUT2D eigenvalue weighted by Crippen LogP contribution is -2.36. The maximum absolute atomic E-state index is 13.2. The molecule has 0 saturated carbocycles. The molecular weight excluding hydrogens is 562 g/mol. The van der Waals surface area contributed by atoms with Crippen LogP contribution in [0.15, 0.2) is 30.6 Å². The maximum atomic E-state index is 13.2. The van der Waals surface area contributed by atoms with Crippen LogP contribution in [0.25, 0.3) is 11.3 Å². The van der Waals surface area contributed by atoms with Crippen LogP contribution in [0, 0.1) is 5.92 Å². The molecule has 0 unspecified atom stereocenters. The predicted octanol–water partition coefficient (Wildman–Crippen LogP) is 5.06. The van der Waals surface area contributed by atoms with Gasteiger partial charge >= 0.3 is 5.97 Å². The fourth-order valence-corrected chi connectivity index (χ4v) is 7.22. The summed E-state index contributed by atoms with van der Waals surface area (Å²) in [7, 11) is 0. The number of Topliss-reactive ketones (excluding diaryl/α,β-unsaturated/α-hetero) is 1. The molecule has 2 fully saturated rings. The van der Waals surface area contributed by atoms with Gasteiger partial charge in [0, 0.05) is 42.5 Å². The molecule has 3 aliphatic heterocycles.